The van der Waals surface area contributed by atoms with Crippen LogP contribution in [0.1, 0.15) is 49.4 Å². The van der Waals surface area contributed by atoms with Crippen molar-refractivity contribution in [1.82, 2.24) is 10.2 Å². The summed E-state index contributed by atoms with van der Waals surface area (Å²) in [5.74, 6) is -0.757. The van der Waals surface area contributed by atoms with E-state index < -0.39 is 28.5 Å². The monoisotopic (exact) mass is 549 g/mol. The lowest BCUT2D eigenvalue weighted by atomic mass is 10.1. The van der Waals surface area contributed by atoms with Crippen LogP contribution in [0, 0.1) is 20.8 Å². The summed E-state index contributed by atoms with van der Waals surface area (Å²) in [6.07, 6.45) is 0.750. The van der Waals surface area contributed by atoms with Crippen molar-refractivity contribution in [3.8, 4) is 0 Å². The SMILES string of the molecule is CC[C@H](C)NC(=O)[C@@H](C)N(Cc1ccc(C)cc1)C(=O)CN(c1cccc(C)c1)S(=O)(=O)c1ccc(C)cc1. The maximum absolute atomic E-state index is 14.0. The van der Waals surface area contributed by atoms with Crippen LogP contribution >= 0.6 is 0 Å². The summed E-state index contributed by atoms with van der Waals surface area (Å²) < 4.78 is 28.9. The number of carbonyl (C=O) groups excluding carboxylic acids is 2. The van der Waals surface area contributed by atoms with Crippen LogP contribution in [0.5, 0.6) is 0 Å². The molecule has 0 unspecified atom stereocenters. The van der Waals surface area contributed by atoms with Crippen molar-refractivity contribution in [2.75, 3.05) is 10.8 Å². The van der Waals surface area contributed by atoms with Crippen LogP contribution in [0.4, 0.5) is 5.69 Å². The molecule has 0 aliphatic heterocycles. The lowest BCUT2D eigenvalue weighted by Gasteiger charge is -2.32. The average molecular weight is 550 g/mol. The second-order valence-corrected chi connectivity index (χ2v) is 12.0. The molecular formula is C31H39N3O4S. The van der Waals surface area contributed by atoms with Gasteiger partial charge in [-0.05, 0) is 76.4 Å². The highest BCUT2D eigenvalue weighted by atomic mass is 32.2. The third-order valence-electron chi connectivity index (χ3n) is 6.82. The molecule has 3 aromatic carbocycles. The van der Waals surface area contributed by atoms with E-state index in [2.05, 4.69) is 5.32 Å². The highest BCUT2D eigenvalue weighted by Crippen LogP contribution is 2.25. The minimum Gasteiger partial charge on any atom is -0.352 e. The zero-order valence-electron chi connectivity index (χ0n) is 23.6. The van der Waals surface area contributed by atoms with Gasteiger partial charge in [0.2, 0.25) is 11.8 Å². The van der Waals surface area contributed by atoms with Gasteiger partial charge in [0.1, 0.15) is 12.6 Å². The van der Waals surface area contributed by atoms with Gasteiger partial charge in [-0.1, -0.05) is 66.6 Å². The molecule has 0 aliphatic rings. The highest BCUT2D eigenvalue weighted by Gasteiger charge is 2.32. The molecule has 1 N–H and O–H groups in total. The minimum absolute atomic E-state index is 0.0537. The number of benzene rings is 3. The summed E-state index contributed by atoms with van der Waals surface area (Å²) in [7, 11) is -4.08. The molecule has 7 nitrogen and oxygen atoms in total. The van der Waals surface area contributed by atoms with Gasteiger partial charge < -0.3 is 10.2 Å². The topological polar surface area (TPSA) is 86.8 Å². The van der Waals surface area contributed by atoms with E-state index >= 15 is 0 Å². The number of hydrogen-bond donors (Lipinski definition) is 1. The highest BCUT2D eigenvalue weighted by molar-refractivity contribution is 7.92. The van der Waals surface area contributed by atoms with Crippen molar-refractivity contribution in [2.24, 2.45) is 0 Å². The van der Waals surface area contributed by atoms with E-state index in [1.807, 2.05) is 65.0 Å². The molecule has 0 radical (unpaired) electrons. The molecular weight excluding hydrogens is 510 g/mol. The third kappa shape index (κ3) is 7.69. The lowest BCUT2D eigenvalue weighted by molar-refractivity contribution is -0.139. The second-order valence-electron chi connectivity index (χ2n) is 10.2. The van der Waals surface area contributed by atoms with Gasteiger partial charge >= 0.3 is 0 Å². The predicted octanol–water partition coefficient (Wildman–Crippen LogP) is 5.14. The molecule has 208 valence electrons. The molecule has 0 aromatic heterocycles. The van der Waals surface area contributed by atoms with Gasteiger partial charge in [0.15, 0.2) is 0 Å². The molecule has 8 heteroatoms. The van der Waals surface area contributed by atoms with Gasteiger partial charge in [-0.2, -0.15) is 0 Å². The van der Waals surface area contributed by atoms with Crippen LogP contribution in [-0.2, 0) is 26.2 Å². The van der Waals surface area contributed by atoms with Crippen molar-refractivity contribution in [1.29, 1.82) is 0 Å². The largest absolute Gasteiger partial charge is 0.352 e. The molecule has 39 heavy (non-hydrogen) atoms. The van der Waals surface area contributed by atoms with E-state index in [4.69, 9.17) is 0 Å². The Morgan fingerprint density at radius 1 is 0.846 bits per heavy atom. The van der Waals surface area contributed by atoms with Gasteiger partial charge in [-0.15, -0.1) is 0 Å². The number of anilines is 1. The number of hydrogen-bond acceptors (Lipinski definition) is 4. The third-order valence-corrected chi connectivity index (χ3v) is 8.61. The fourth-order valence-corrected chi connectivity index (χ4v) is 5.49. The molecule has 0 aliphatic carbocycles. The Labute approximate surface area is 232 Å². The Balaban J connectivity index is 2.02. The molecule has 0 spiro atoms. The van der Waals surface area contributed by atoms with Gasteiger partial charge in [-0.25, -0.2) is 8.42 Å². The number of rotatable bonds is 11. The Morgan fingerprint density at radius 2 is 1.44 bits per heavy atom. The van der Waals surface area contributed by atoms with Gasteiger partial charge in [0.25, 0.3) is 10.0 Å². The van der Waals surface area contributed by atoms with E-state index in [-0.39, 0.29) is 23.4 Å². The summed E-state index contributed by atoms with van der Waals surface area (Å²) in [5, 5.41) is 2.95. The van der Waals surface area contributed by atoms with E-state index in [9.17, 15) is 18.0 Å². The molecule has 0 heterocycles. The molecule has 0 fully saturated rings. The Kier molecular flexibility index (Phi) is 9.92. The fourth-order valence-electron chi connectivity index (χ4n) is 4.09. The van der Waals surface area contributed by atoms with Crippen LogP contribution in [0.2, 0.25) is 0 Å². The van der Waals surface area contributed by atoms with E-state index in [1.54, 1.807) is 49.4 Å². The zero-order chi connectivity index (χ0) is 28.7. The summed E-state index contributed by atoms with van der Waals surface area (Å²) in [4.78, 5) is 28.6. The maximum Gasteiger partial charge on any atom is 0.264 e. The van der Waals surface area contributed by atoms with E-state index in [0.29, 0.717) is 5.69 Å². The minimum atomic E-state index is -4.08. The number of amides is 2. The van der Waals surface area contributed by atoms with E-state index in [0.717, 1.165) is 33.0 Å². The Bertz CT molecular complexity index is 1390. The number of nitrogens with zero attached hydrogens (tertiary/aromatic N) is 2. The molecule has 0 saturated carbocycles. The Hall–Kier alpha value is -3.65. The smallest absolute Gasteiger partial charge is 0.264 e. The van der Waals surface area contributed by atoms with Crippen LogP contribution in [-0.4, -0.2) is 43.8 Å². The normalized spacial score (nSPS) is 12.9. The number of carbonyl (C=O) groups is 2. The second kappa shape index (κ2) is 12.9. The summed E-state index contributed by atoms with van der Waals surface area (Å²) in [5.41, 5.74) is 4.10. The quantitative estimate of drug-likeness (QED) is 0.359. The number of sulfonamides is 1. The summed E-state index contributed by atoms with van der Waals surface area (Å²) in [6.45, 7) is 11.0. The molecule has 2 amide bonds. The Morgan fingerprint density at radius 3 is 2.00 bits per heavy atom. The maximum atomic E-state index is 14.0. The van der Waals surface area contributed by atoms with Crippen molar-refractivity contribution >= 4 is 27.5 Å². The van der Waals surface area contributed by atoms with Crippen molar-refractivity contribution < 1.29 is 18.0 Å². The summed E-state index contributed by atoms with van der Waals surface area (Å²) in [6, 6.07) is 20.5. The van der Waals surface area contributed by atoms with Crippen molar-refractivity contribution in [3.05, 3.63) is 95.1 Å². The van der Waals surface area contributed by atoms with Crippen LogP contribution in [0.3, 0.4) is 0 Å². The van der Waals surface area contributed by atoms with Gasteiger partial charge in [-0.3, -0.25) is 13.9 Å². The molecule has 3 rings (SSSR count). The van der Waals surface area contributed by atoms with Crippen LogP contribution < -0.4 is 9.62 Å². The number of aryl methyl sites for hydroxylation is 3. The number of nitrogens with one attached hydrogen (secondary N) is 1. The first-order chi connectivity index (χ1) is 18.4. The molecule has 2 atom stereocenters. The predicted molar refractivity (Wildman–Crippen MR) is 156 cm³/mol. The first-order valence-electron chi connectivity index (χ1n) is 13.2. The van der Waals surface area contributed by atoms with Crippen molar-refractivity contribution in [3.63, 3.8) is 0 Å². The fraction of sp³-hybridized carbons (Fsp3) is 0.355. The van der Waals surface area contributed by atoms with Crippen molar-refractivity contribution in [2.45, 2.75) is 71.5 Å². The van der Waals surface area contributed by atoms with Gasteiger partial charge in [0, 0.05) is 12.6 Å². The van der Waals surface area contributed by atoms with Crippen LogP contribution in [0.15, 0.2) is 77.7 Å². The molecule has 3 aromatic rings. The lowest BCUT2D eigenvalue weighted by Crippen LogP contribution is -2.52. The van der Waals surface area contributed by atoms with Gasteiger partial charge in [0.05, 0.1) is 10.6 Å². The summed E-state index contributed by atoms with van der Waals surface area (Å²) >= 11 is 0. The molecule has 0 saturated heterocycles. The zero-order valence-corrected chi connectivity index (χ0v) is 24.5. The van der Waals surface area contributed by atoms with E-state index in [1.165, 1.54) is 4.90 Å². The average Bonchev–Trinajstić information content (AvgIpc) is 2.90. The molecule has 0 bridgehead atoms. The first kappa shape index (κ1) is 29.9. The standard InChI is InChI=1S/C31H39N3O4S/c1-7-25(5)32-31(36)26(6)33(20-27-15-11-22(2)12-16-27)30(35)21-34(28-10-8-9-24(4)19-28)39(37,38)29-17-13-23(3)14-18-29/h8-19,25-26H,7,20-21H2,1-6H3,(H,32,36)/t25-,26+/m0/s1. The van der Waals surface area contributed by atoms with Crippen LogP contribution in [0.25, 0.3) is 0 Å². The first-order valence-corrected chi connectivity index (χ1v) is 14.7.